The first-order valence-corrected chi connectivity index (χ1v) is 5.53. The summed E-state index contributed by atoms with van der Waals surface area (Å²) in [5.74, 6) is -0.276. The lowest BCUT2D eigenvalue weighted by atomic mass is 10.0. The molecule has 0 unspecified atom stereocenters. The van der Waals surface area contributed by atoms with E-state index in [9.17, 15) is 4.79 Å². The molecule has 0 aromatic heterocycles. The molecule has 2 aromatic rings. The molecule has 2 aromatic carbocycles. The van der Waals surface area contributed by atoms with Gasteiger partial charge in [0.25, 0.3) is 0 Å². The van der Waals surface area contributed by atoms with Crippen LogP contribution in [0, 0.1) is 0 Å². The number of anilines is 1. The third-order valence-electron chi connectivity index (χ3n) is 2.49. The average molecular weight is 265 g/mol. The summed E-state index contributed by atoms with van der Waals surface area (Å²) in [5.41, 5.74) is 6.60. The van der Waals surface area contributed by atoms with E-state index in [0.29, 0.717) is 10.6 Å². The smallest absolute Gasteiger partial charge is 0.195 e. The second kappa shape index (κ2) is 5.10. The van der Waals surface area contributed by atoms with E-state index in [0.717, 1.165) is 0 Å². The molecule has 0 amide bonds. The minimum atomic E-state index is -2.59. The monoisotopic (exact) mass is 264 g/mol. The molecule has 0 bridgehead atoms. The standard InChI is InChI=1S/C14H12ClNO2/c1-18-11-6-7-13(16)12(8-11)14(17)9-2-4-10(15)5-3-9/h2-8H,16H2,1H3/i1D3. The van der Waals surface area contributed by atoms with Crippen molar-refractivity contribution in [2.75, 3.05) is 12.8 Å². The van der Waals surface area contributed by atoms with Crippen molar-refractivity contribution in [1.82, 2.24) is 0 Å². The molecule has 0 saturated heterocycles. The summed E-state index contributed by atoms with van der Waals surface area (Å²) >= 11 is 5.77. The van der Waals surface area contributed by atoms with E-state index in [1.54, 1.807) is 24.3 Å². The van der Waals surface area contributed by atoms with E-state index in [1.165, 1.54) is 18.2 Å². The fraction of sp³-hybridized carbons (Fsp3) is 0.0714. The van der Waals surface area contributed by atoms with Gasteiger partial charge in [-0.05, 0) is 42.5 Å². The number of hydrogen-bond donors (Lipinski definition) is 1. The summed E-state index contributed by atoms with van der Waals surface area (Å²) in [7, 11) is -2.59. The van der Waals surface area contributed by atoms with Gasteiger partial charge in [-0.25, -0.2) is 0 Å². The Morgan fingerprint density at radius 3 is 2.67 bits per heavy atom. The van der Waals surface area contributed by atoms with E-state index in [2.05, 4.69) is 0 Å². The van der Waals surface area contributed by atoms with Crippen LogP contribution in [0.5, 0.6) is 5.75 Å². The largest absolute Gasteiger partial charge is 0.497 e. The number of methoxy groups -OCH3 is 1. The molecular formula is C14H12ClNO2. The molecule has 0 aliphatic heterocycles. The highest BCUT2D eigenvalue weighted by Gasteiger charge is 2.13. The van der Waals surface area contributed by atoms with Gasteiger partial charge in [-0.1, -0.05) is 11.6 Å². The number of hydrogen-bond acceptors (Lipinski definition) is 3. The zero-order valence-electron chi connectivity index (χ0n) is 12.3. The molecule has 0 heterocycles. The van der Waals surface area contributed by atoms with Crippen molar-refractivity contribution in [1.29, 1.82) is 0 Å². The predicted octanol–water partition coefficient (Wildman–Crippen LogP) is 3.16. The number of carbonyl (C=O) groups excluding carboxylic acids is 1. The van der Waals surface area contributed by atoms with Gasteiger partial charge in [0.2, 0.25) is 0 Å². The van der Waals surface area contributed by atoms with Gasteiger partial charge in [-0.2, -0.15) is 0 Å². The molecule has 0 fully saturated rings. The van der Waals surface area contributed by atoms with Gasteiger partial charge in [-0.15, -0.1) is 0 Å². The van der Waals surface area contributed by atoms with Crippen LogP contribution in [0.1, 0.15) is 20.0 Å². The molecule has 0 saturated carbocycles. The van der Waals surface area contributed by atoms with Crippen LogP contribution in [0.25, 0.3) is 0 Å². The molecule has 0 radical (unpaired) electrons. The summed E-state index contributed by atoms with van der Waals surface area (Å²) in [5, 5.41) is 0.513. The maximum absolute atomic E-state index is 12.4. The van der Waals surface area contributed by atoms with Gasteiger partial charge in [0.15, 0.2) is 5.78 Å². The zero-order chi connectivity index (χ0) is 15.6. The van der Waals surface area contributed by atoms with Crippen LogP contribution in [0.4, 0.5) is 5.69 Å². The summed E-state index contributed by atoms with van der Waals surface area (Å²) in [6.07, 6.45) is 0. The fourth-order valence-electron chi connectivity index (χ4n) is 1.55. The molecule has 92 valence electrons. The van der Waals surface area contributed by atoms with Crippen molar-refractivity contribution in [3.63, 3.8) is 0 Å². The average Bonchev–Trinajstić information content (AvgIpc) is 2.39. The summed E-state index contributed by atoms with van der Waals surface area (Å²) < 4.78 is 26.0. The van der Waals surface area contributed by atoms with E-state index < -0.39 is 7.04 Å². The first-order valence-electron chi connectivity index (χ1n) is 6.65. The number of benzene rings is 2. The highest BCUT2D eigenvalue weighted by molar-refractivity contribution is 6.30. The summed E-state index contributed by atoms with van der Waals surface area (Å²) in [4.78, 5) is 12.4. The van der Waals surface area contributed by atoms with E-state index in [1.807, 2.05) is 0 Å². The Morgan fingerprint density at radius 1 is 1.28 bits per heavy atom. The second-order valence-electron chi connectivity index (χ2n) is 3.69. The number of ether oxygens (including phenoxy) is 1. The third kappa shape index (κ3) is 2.46. The Kier molecular flexibility index (Phi) is 2.55. The van der Waals surface area contributed by atoms with Crippen LogP contribution in [-0.2, 0) is 0 Å². The lowest BCUT2D eigenvalue weighted by Gasteiger charge is -2.07. The van der Waals surface area contributed by atoms with E-state index in [4.69, 9.17) is 26.2 Å². The SMILES string of the molecule is [2H]C([2H])([2H])Oc1ccc(N)c(C(=O)c2ccc(Cl)cc2)c1. The number of nitrogen functional groups attached to an aromatic ring is 1. The Hall–Kier alpha value is -2.00. The highest BCUT2D eigenvalue weighted by Crippen LogP contribution is 2.23. The van der Waals surface area contributed by atoms with E-state index in [-0.39, 0.29) is 22.8 Å². The normalized spacial score (nSPS) is 13.3. The molecule has 18 heavy (non-hydrogen) atoms. The van der Waals surface area contributed by atoms with Crippen molar-refractivity contribution >= 4 is 23.1 Å². The highest BCUT2D eigenvalue weighted by atomic mass is 35.5. The van der Waals surface area contributed by atoms with Crippen molar-refractivity contribution in [3.05, 3.63) is 58.6 Å². The lowest BCUT2D eigenvalue weighted by Crippen LogP contribution is -2.05. The molecule has 0 aliphatic carbocycles. The van der Waals surface area contributed by atoms with Crippen molar-refractivity contribution < 1.29 is 13.6 Å². The third-order valence-corrected chi connectivity index (χ3v) is 2.75. The molecule has 0 aliphatic rings. The quantitative estimate of drug-likeness (QED) is 0.684. The number of halogens is 1. The molecular weight excluding hydrogens is 250 g/mol. The molecule has 4 heteroatoms. The zero-order valence-corrected chi connectivity index (χ0v) is 10.1. The van der Waals surface area contributed by atoms with Crippen molar-refractivity contribution in [2.45, 2.75) is 0 Å². The molecule has 3 nitrogen and oxygen atoms in total. The first-order chi connectivity index (χ1) is 9.76. The minimum Gasteiger partial charge on any atom is -0.497 e. The van der Waals surface area contributed by atoms with Gasteiger partial charge >= 0.3 is 0 Å². The fourth-order valence-corrected chi connectivity index (χ4v) is 1.68. The predicted molar refractivity (Wildman–Crippen MR) is 72.3 cm³/mol. The van der Waals surface area contributed by atoms with Gasteiger partial charge in [0.05, 0.1) is 11.2 Å². The van der Waals surface area contributed by atoms with Crippen molar-refractivity contribution in [2.24, 2.45) is 0 Å². The van der Waals surface area contributed by atoms with Crippen LogP contribution >= 0.6 is 11.6 Å². The number of rotatable bonds is 3. The Morgan fingerprint density at radius 2 is 2.00 bits per heavy atom. The molecule has 0 spiro atoms. The van der Waals surface area contributed by atoms with Gasteiger partial charge in [0.1, 0.15) is 5.75 Å². The van der Waals surface area contributed by atoms with Crippen LogP contribution in [0.3, 0.4) is 0 Å². The van der Waals surface area contributed by atoms with Crippen LogP contribution in [-0.4, -0.2) is 12.8 Å². The Balaban J connectivity index is 2.36. The number of carbonyl (C=O) groups is 1. The van der Waals surface area contributed by atoms with Gasteiger partial charge in [-0.3, -0.25) is 4.79 Å². The topological polar surface area (TPSA) is 52.3 Å². The maximum atomic E-state index is 12.4. The van der Waals surface area contributed by atoms with Crippen LogP contribution in [0.15, 0.2) is 42.5 Å². The first kappa shape index (κ1) is 9.00. The van der Waals surface area contributed by atoms with Crippen molar-refractivity contribution in [3.8, 4) is 5.75 Å². The Labute approximate surface area is 114 Å². The summed E-state index contributed by atoms with van der Waals surface area (Å²) in [6, 6.07) is 10.5. The Bertz CT molecular complexity index is 669. The number of nitrogens with two attached hydrogens (primary N) is 1. The van der Waals surface area contributed by atoms with Gasteiger partial charge in [0, 0.05) is 21.8 Å². The molecule has 2 N–H and O–H groups in total. The van der Waals surface area contributed by atoms with Crippen LogP contribution in [0.2, 0.25) is 5.02 Å². The maximum Gasteiger partial charge on any atom is 0.195 e. The van der Waals surface area contributed by atoms with E-state index >= 15 is 0 Å². The summed E-state index contributed by atoms with van der Waals surface area (Å²) in [6.45, 7) is 0. The van der Waals surface area contributed by atoms with Crippen LogP contribution < -0.4 is 10.5 Å². The number of ketones is 1. The lowest BCUT2D eigenvalue weighted by molar-refractivity contribution is 0.103. The second-order valence-corrected chi connectivity index (χ2v) is 4.12. The van der Waals surface area contributed by atoms with Gasteiger partial charge < -0.3 is 10.5 Å². The molecule has 2 rings (SSSR count). The molecule has 0 atom stereocenters. The minimum absolute atomic E-state index is 0.0570.